The molecule has 2 aromatic rings. The molecular weight excluding hydrogens is 334 g/mol. The molecule has 0 unspecified atom stereocenters. The molecule has 0 heterocycles. The average molecular weight is 346 g/mol. The normalized spacial score (nSPS) is 10.5. The number of carboxylic acids is 1. The highest BCUT2D eigenvalue weighted by molar-refractivity contribution is 9.10. The number of carbonyl (C=O) groups excluding carboxylic acids is 1. The molecule has 0 aliphatic heterocycles. The maximum absolute atomic E-state index is 11.9. The van der Waals surface area contributed by atoms with E-state index in [0.717, 1.165) is 5.56 Å². The predicted octanol–water partition coefficient (Wildman–Crippen LogP) is 3.80. The number of rotatable bonds is 4. The van der Waals surface area contributed by atoms with E-state index in [2.05, 4.69) is 21.2 Å². The second-order valence-electron chi connectivity index (χ2n) is 4.23. The minimum absolute atomic E-state index is 0.112. The van der Waals surface area contributed by atoms with E-state index in [1.54, 1.807) is 12.1 Å². The highest BCUT2D eigenvalue weighted by Crippen LogP contribution is 2.23. The average Bonchev–Trinajstić information content (AvgIpc) is 2.48. The van der Waals surface area contributed by atoms with Gasteiger partial charge in [-0.3, -0.25) is 4.79 Å². The SMILES string of the molecule is O=C(/C=C/c1ccccc1)Nc1cc(C(=O)O)ccc1Br. The lowest BCUT2D eigenvalue weighted by atomic mass is 10.2. The van der Waals surface area contributed by atoms with E-state index in [1.807, 2.05) is 30.3 Å². The van der Waals surface area contributed by atoms with Crippen LogP contribution in [0.4, 0.5) is 5.69 Å². The largest absolute Gasteiger partial charge is 0.478 e. The molecule has 2 aromatic carbocycles. The summed E-state index contributed by atoms with van der Waals surface area (Å²) in [5.41, 5.74) is 1.43. The van der Waals surface area contributed by atoms with Crippen LogP contribution in [-0.2, 0) is 4.79 Å². The molecule has 0 bridgehead atoms. The summed E-state index contributed by atoms with van der Waals surface area (Å²) < 4.78 is 0.619. The van der Waals surface area contributed by atoms with Crippen LogP contribution in [-0.4, -0.2) is 17.0 Å². The minimum Gasteiger partial charge on any atom is -0.478 e. The molecule has 1 amide bonds. The number of amides is 1. The first-order valence-corrected chi connectivity index (χ1v) is 6.92. The third kappa shape index (κ3) is 4.29. The van der Waals surface area contributed by atoms with Gasteiger partial charge in [0, 0.05) is 10.5 Å². The molecule has 0 atom stereocenters. The Kier molecular flexibility index (Phi) is 4.90. The van der Waals surface area contributed by atoms with E-state index >= 15 is 0 Å². The highest BCUT2D eigenvalue weighted by Gasteiger charge is 2.08. The molecule has 0 fully saturated rings. The Bertz CT molecular complexity index is 696. The van der Waals surface area contributed by atoms with E-state index < -0.39 is 5.97 Å². The van der Waals surface area contributed by atoms with Crippen LogP contribution < -0.4 is 5.32 Å². The summed E-state index contributed by atoms with van der Waals surface area (Å²) in [4.78, 5) is 22.8. The molecule has 2 N–H and O–H groups in total. The minimum atomic E-state index is -1.04. The van der Waals surface area contributed by atoms with E-state index in [1.165, 1.54) is 18.2 Å². The summed E-state index contributed by atoms with van der Waals surface area (Å²) in [6.07, 6.45) is 3.08. The summed E-state index contributed by atoms with van der Waals surface area (Å²) >= 11 is 3.27. The molecule has 0 saturated heterocycles. The number of benzene rings is 2. The predicted molar refractivity (Wildman–Crippen MR) is 85.2 cm³/mol. The molecule has 0 aliphatic carbocycles. The van der Waals surface area contributed by atoms with Gasteiger partial charge in [0.25, 0.3) is 0 Å². The van der Waals surface area contributed by atoms with Gasteiger partial charge in [-0.15, -0.1) is 0 Å². The first-order valence-electron chi connectivity index (χ1n) is 6.13. The standard InChI is InChI=1S/C16H12BrNO3/c17-13-8-7-12(16(20)21)10-14(13)18-15(19)9-6-11-4-2-1-3-5-11/h1-10H,(H,18,19)(H,20,21)/b9-6+. The van der Waals surface area contributed by atoms with Gasteiger partial charge < -0.3 is 10.4 Å². The third-order valence-electron chi connectivity index (χ3n) is 2.70. The fourth-order valence-corrected chi connectivity index (χ4v) is 2.01. The van der Waals surface area contributed by atoms with E-state index in [4.69, 9.17) is 5.11 Å². The number of halogens is 1. The van der Waals surface area contributed by atoms with Crippen molar-refractivity contribution < 1.29 is 14.7 Å². The van der Waals surface area contributed by atoms with Crippen LogP contribution in [0.3, 0.4) is 0 Å². The van der Waals surface area contributed by atoms with Gasteiger partial charge in [-0.1, -0.05) is 30.3 Å². The van der Waals surface area contributed by atoms with Gasteiger partial charge in [0.15, 0.2) is 0 Å². The van der Waals surface area contributed by atoms with Gasteiger partial charge in [0.1, 0.15) is 0 Å². The number of hydrogen-bond donors (Lipinski definition) is 2. The Morgan fingerprint density at radius 3 is 2.48 bits per heavy atom. The first kappa shape index (κ1) is 15.0. The molecule has 0 aliphatic rings. The Morgan fingerprint density at radius 1 is 1.10 bits per heavy atom. The van der Waals surface area contributed by atoms with Crippen molar-refractivity contribution in [1.29, 1.82) is 0 Å². The number of carbonyl (C=O) groups is 2. The number of carboxylic acid groups (broad SMARTS) is 1. The Balaban J connectivity index is 2.11. The van der Waals surface area contributed by atoms with Crippen LogP contribution in [0.2, 0.25) is 0 Å². The van der Waals surface area contributed by atoms with Crippen LogP contribution in [0.25, 0.3) is 6.08 Å². The zero-order valence-corrected chi connectivity index (χ0v) is 12.5. The molecule has 5 heteroatoms. The van der Waals surface area contributed by atoms with Crippen molar-refractivity contribution in [3.63, 3.8) is 0 Å². The van der Waals surface area contributed by atoms with Crippen molar-refractivity contribution in [2.45, 2.75) is 0 Å². The highest BCUT2D eigenvalue weighted by atomic mass is 79.9. The molecule has 0 spiro atoms. The summed E-state index contributed by atoms with van der Waals surface area (Å²) in [7, 11) is 0. The number of anilines is 1. The van der Waals surface area contributed by atoms with Crippen molar-refractivity contribution in [3.8, 4) is 0 Å². The molecule has 0 saturated carbocycles. The lowest BCUT2D eigenvalue weighted by molar-refractivity contribution is -0.111. The second kappa shape index (κ2) is 6.85. The maximum Gasteiger partial charge on any atom is 0.335 e. The monoisotopic (exact) mass is 345 g/mol. The van der Waals surface area contributed by atoms with Gasteiger partial charge in [0.2, 0.25) is 5.91 Å². The number of nitrogens with one attached hydrogen (secondary N) is 1. The quantitative estimate of drug-likeness (QED) is 0.828. The Labute approximate surface area is 130 Å². The smallest absolute Gasteiger partial charge is 0.335 e. The summed E-state index contributed by atoms with van der Waals surface area (Å²) in [6.45, 7) is 0. The zero-order valence-electron chi connectivity index (χ0n) is 10.9. The van der Waals surface area contributed by atoms with E-state index in [0.29, 0.717) is 10.2 Å². The van der Waals surface area contributed by atoms with Gasteiger partial charge in [-0.25, -0.2) is 4.79 Å². The van der Waals surface area contributed by atoms with Gasteiger partial charge in [-0.2, -0.15) is 0 Å². The van der Waals surface area contributed by atoms with Crippen molar-refractivity contribution in [2.24, 2.45) is 0 Å². The van der Waals surface area contributed by atoms with Crippen LogP contribution in [0.1, 0.15) is 15.9 Å². The fourth-order valence-electron chi connectivity index (χ4n) is 1.66. The third-order valence-corrected chi connectivity index (χ3v) is 3.39. The summed E-state index contributed by atoms with van der Waals surface area (Å²) in [5.74, 6) is -1.38. The summed E-state index contributed by atoms with van der Waals surface area (Å²) in [6, 6.07) is 13.9. The lowest BCUT2D eigenvalue weighted by Gasteiger charge is -2.06. The fraction of sp³-hybridized carbons (Fsp3) is 0. The lowest BCUT2D eigenvalue weighted by Crippen LogP contribution is -2.09. The van der Waals surface area contributed by atoms with E-state index in [9.17, 15) is 9.59 Å². The Hall–Kier alpha value is -2.40. The number of aromatic carboxylic acids is 1. The molecule has 106 valence electrons. The molecule has 0 aromatic heterocycles. The van der Waals surface area contributed by atoms with Gasteiger partial charge >= 0.3 is 5.97 Å². The summed E-state index contributed by atoms with van der Waals surface area (Å²) in [5, 5.41) is 11.6. The topological polar surface area (TPSA) is 66.4 Å². The van der Waals surface area contributed by atoms with Gasteiger partial charge in [0.05, 0.1) is 11.3 Å². The molecule has 4 nitrogen and oxygen atoms in total. The van der Waals surface area contributed by atoms with Crippen LogP contribution in [0.15, 0.2) is 59.1 Å². The van der Waals surface area contributed by atoms with Crippen molar-refractivity contribution in [2.75, 3.05) is 5.32 Å². The second-order valence-corrected chi connectivity index (χ2v) is 5.09. The number of hydrogen-bond acceptors (Lipinski definition) is 2. The molecule has 2 rings (SSSR count). The zero-order chi connectivity index (χ0) is 15.2. The van der Waals surface area contributed by atoms with Crippen molar-refractivity contribution in [1.82, 2.24) is 0 Å². The van der Waals surface area contributed by atoms with Crippen molar-refractivity contribution >= 4 is 39.6 Å². The van der Waals surface area contributed by atoms with Crippen LogP contribution in [0, 0.1) is 0 Å². The maximum atomic E-state index is 11.9. The Morgan fingerprint density at radius 2 is 1.81 bits per heavy atom. The van der Waals surface area contributed by atoms with Crippen LogP contribution >= 0.6 is 15.9 Å². The van der Waals surface area contributed by atoms with Gasteiger partial charge in [-0.05, 0) is 45.8 Å². The van der Waals surface area contributed by atoms with E-state index in [-0.39, 0.29) is 11.5 Å². The first-order chi connectivity index (χ1) is 10.1. The van der Waals surface area contributed by atoms with Crippen molar-refractivity contribution in [3.05, 3.63) is 70.2 Å². The molecule has 21 heavy (non-hydrogen) atoms. The van der Waals surface area contributed by atoms with Crippen LogP contribution in [0.5, 0.6) is 0 Å². The molecular formula is C16H12BrNO3. The molecule has 0 radical (unpaired) electrons.